The van der Waals surface area contributed by atoms with Crippen LogP contribution in [0.4, 0.5) is 0 Å². The van der Waals surface area contributed by atoms with Crippen LogP contribution >= 0.6 is 0 Å². The molecule has 1 saturated heterocycles. The monoisotopic (exact) mass is 360 g/mol. The van der Waals surface area contributed by atoms with Crippen LogP contribution in [0.3, 0.4) is 0 Å². The van der Waals surface area contributed by atoms with Gasteiger partial charge in [0.05, 0.1) is 12.2 Å². The summed E-state index contributed by atoms with van der Waals surface area (Å²) in [5.41, 5.74) is -1.34. The van der Waals surface area contributed by atoms with Crippen LogP contribution in [0.1, 0.15) is 45.4 Å². The molecule has 2 aliphatic heterocycles. The average molecular weight is 360 g/mol. The van der Waals surface area contributed by atoms with Gasteiger partial charge >= 0.3 is 5.69 Å². The van der Waals surface area contributed by atoms with Gasteiger partial charge in [-0.3, -0.25) is 13.9 Å². The van der Waals surface area contributed by atoms with Crippen LogP contribution in [0.5, 0.6) is 0 Å². The lowest BCUT2D eigenvalue weighted by atomic mass is 9.89. The van der Waals surface area contributed by atoms with Gasteiger partial charge in [0.25, 0.3) is 5.56 Å². The number of aromatic amines is 1. The summed E-state index contributed by atoms with van der Waals surface area (Å²) in [4.78, 5) is 33.1. The highest BCUT2D eigenvalue weighted by molar-refractivity contribution is 5.70. The molecule has 2 N–H and O–H groups in total. The summed E-state index contributed by atoms with van der Waals surface area (Å²) in [6.07, 6.45) is 5.78. The van der Waals surface area contributed by atoms with Gasteiger partial charge in [-0.25, -0.2) is 9.78 Å². The van der Waals surface area contributed by atoms with Crippen molar-refractivity contribution in [1.29, 1.82) is 0 Å². The van der Waals surface area contributed by atoms with Crippen molar-refractivity contribution in [1.82, 2.24) is 19.1 Å². The van der Waals surface area contributed by atoms with Crippen molar-refractivity contribution in [3.8, 4) is 0 Å². The molecule has 2 bridgehead atoms. The molecular formula is C18H24N4O4. The van der Waals surface area contributed by atoms with Gasteiger partial charge in [-0.15, -0.1) is 0 Å². The molecule has 8 heteroatoms. The molecule has 2 unspecified atom stereocenters. The number of ether oxygens (including phenoxy) is 1. The highest BCUT2D eigenvalue weighted by Gasteiger charge is 2.44. The molecule has 0 radical (unpaired) electrons. The average Bonchev–Trinajstić information content (AvgIpc) is 3.20. The Bertz CT molecular complexity index is 969. The minimum atomic E-state index is -1.20. The van der Waals surface area contributed by atoms with E-state index < -0.39 is 11.2 Å². The quantitative estimate of drug-likeness (QED) is 0.775. The van der Waals surface area contributed by atoms with Gasteiger partial charge in [-0.2, -0.15) is 0 Å². The Hall–Kier alpha value is -2.19. The molecule has 26 heavy (non-hydrogen) atoms. The van der Waals surface area contributed by atoms with Crippen molar-refractivity contribution in [2.24, 2.45) is 0 Å². The maximum Gasteiger partial charge on any atom is 0.332 e. The van der Waals surface area contributed by atoms with Gasteiger partial charge in [0.2, 0.25) is 0 Å². The zero-order valence-corrected chi connectivity index (χ0v) is 15.1. The lowest BCUT2D eigenvalue weighted by molar-refractivity contribution is -0.111. The van der Waals surface area contributed by atoms with Crippen molar-refractivity contribution < 1.29 is 9.84 Å². The van der Waals surface area contributed by atoms with E-state index >= 15 is 0 Å². The SMILES string of the molecule is CCCn1c(=O)c2nc(C3(O)CC4C=CC(C3)O4)[nH]c2n(CCC)c1=O. The zero-order chi connectivity index (χ0) is 18.5. The molecule has 2 aromatic rings. The van der Waals surface area contributed by atoms with Crippen molar-refractivity contribution in [2.75, 3.05) is 0 Å². The Labute approximate surface area is 150 Å². The summed E-state index contributed by atoms with van der Waals surface area (Å²) in [7, 11) is 0. The van der Waals surface area contributed by atoms with E-state index in [0.717, 1.165) is 6.42 Å². The number of H-pyrrole nitrogens is 1. The minimum Gasteiger partial charge on any atom is -0.382 e. The second kappa shape index (κ2) is 6.21. The molecule has 0 aliphatic carbocycles. The maximum absolute atomic E-state index is 12.8. The van der Waals surface area contributed by atoms with Crippen LogP contribution in [-0.4, -0.2) is 36.4 Å². The summed E-state index contributed by atoms with van der Waals surface area (Å²) < 4.78 is 8.50. The molecule has 1 fully saturated rings. The third kappa shape index (κ3) is 2.55. The number of rotatable bonds is 5. The van der Waals surface area contributed by atoms with E-state index in [1.165, 1.54) is 4.57 Å². The van der Waals surface area contributed by atoms with E-state index in [9.17, 15) is 14.7 Å². The van der Waals surface area contributed by atoms with Crippen LogP contribution in [0.25, 0.3) is 11.2 Å². The standard InChI is InChI=1S/C18H24N4O4/c1-3-7-21-14-13(15(23)22(8-4-2)17(21)24)19-16(20-14)18(25)9-11-5-6-12(10-18)26-11/h5-6,11-12,25H,3-4,7-10H2,1-2H3,(H,19,20). The van der Waals surface area contributed by atoms with Gasteiger partial charge in [-0.05, 0) is 12.8 Å². The van der Waals surface area contributed by atoms with E-state index in [-0.39, 0.29) is 23.4 Å². The molecule has 0 aromatic carbocycles. The number of hydrogen-bond acceptors (Lipinski definition) is 5. The van der Waals surface area contributed by atoms with Crippen LogP contribution in [-0.2, 0) is 23.4 Å². The van der Waals surface area contributed by atoms with Crippen molar-refractivity contribution in [3.05, 3.63) is 38.8 Å². The smallest absolute Gasteiger partial charge is 0.332 e. The molecule has 0 spiro atoms. The number of imidazole rings is 1. The number of nitrogens with one attached hydrogen (secondary N) is 1. The Morgan fingerprint density at radius 2 is 1.81 bits per heavy atom. The van der Waals surface area contributed by atoms with Crippen LogP contribution in [0.2, 0.25) is 0 Å². The molecular weight excluding hydrogens is 336 g/mol. The molecule has 140 valence electrons. The zero-order valence-electron chi connectivity index (χ0n) is 15.1. The molecule has 0 saturated carbocycles. The first kappa shape index (κ1) is 17.2. The molecule has 2 aromatic heterocycles. The highest BCUT2D eigenvalue weighted by atomic mass is 16.5. The van der Waals surface area contributed by atoms with E-state index in [2.05, 4.69) is 9.97 Å². The Morgan fingerprint density at radius 1 is 1.19 bits per heavy atom. The first-order valence-corrected chi connectivity index (χ1v) is 9.27. The number of aromatic nitrogens is 4. The van der Waals surface area contributed by atoms with Crippen LogP contribution in [0, 0.1) is 0 Å². The second-order valence-electron chi connectivity index (χ2n) is 7.21. The fourth-order valence-electron chi connectivity index (χ4n) is 3.97. The topological polar surface area (TPSA) is 102 Å². The molecule has 0 amide bonds. The van der Waals surface area contributed by atoms with Gasteiger partial charge in [0.1, 0.15) is 17.1 Å². The Balaban J connectivity index is 1.89. The fraction of sp³-hybridized carbons (Fsp3) is 0.611. The lowest BCUT2D eigenvalue weighted by Gasteiger charge is -2.34. The molecule has 4 rings (SSSR count). The lowest BCUT2D eigenvalue weighted by Crippen LogP contribution is -2.40. The number of aliphatic hydroxyl groups is 1. The summed E-state index contributed by atoms with van der Waals surface area (Å²) in [6, 6.07) is 0. The van der Waals surface area contributed by atoms with Crippen molar-refractivity contribution >= 4 is 11.2 Å². The third-order valence-electron chi connectivity index (χ3n) is 5.17. The number of fused-ring (bicyclic) bond motifs is 3. The van der Waals surface area contributed by atoms with Crippen molar-refractivity contribution in [2.45, 2.75) is 70.4 Å². The summed E-state index contributed by atoms with van der Waals surface area (Å²) >= 11 is 0. The molecule has 8 nitrogen and oxygen atoms in total. The Morgan fingerprint density at radius 3 is 2.42 bits per heavy atom. The first-order valence-electron chi connectivity index (χ1n) is 9.27. The first-order chi connectivity index (χ1) is 12.5. The van der Waals surface area contributed by atoms with Crippen molar-refractivity contribution in [3.63, 3.8) is 0 Å². The van der Waals surface area contributed by atoms with E-state index in [4.69, 9.17) is 4.74 Å². The summed E-state index contributed by atoms with van der Waals surface area (Å²) in [6.45, 7) is 4.73. The van der Waals surface area contributed by atoms with E-state index in [0.29, 0.717) is 43.8 Å². The van der Waals surface area contributed by atoms with E-state index in [1.54, 1.807) is 4.57 Å². The Kier molecular flexibility index (Phi) is 4.11. The number of hydrogen-bond donors (Lipinski definition) is 2. The number of aryl methyl sites for hydroxylation is 1. The third-order valence-corrected chi connectivity index (χ3v) is 5.17. The summed E-state index contributed by atoms with van der Waals surface area (Å²) in [5, 5.41) is 11.2. The molecule has 2 atom stereocenters. The fourth-order valence-corrected chi connectivity index (χ4v) is 3.97. The molecule has 4 heterocycles. The van der Waals surface area contributed by atoms with Crippen LogP contribution < -0.4 is 11.2 Å². The predicted molar refractivity (Wildman–Crippen MR) is 96.1 cm³/mol. The van der Waals surface area contributed by atoms with Gasteiger partial charge in [0.15, 0.2) is 5.52 Å². The van der Waals surface area contributed by atoms with Gasteiger partial charge in [0, 0.05) is 25.9 Å². The number of nitrogens with zero attached hydrogens (tertiary/aromatic N) is 3. The predicted octanol–water partition coefficient (Wildman–Crippen LogP) is 1.01. The maximum atomic E-state index is 12.8. The minimum absolute atomic E-state index is 0.151. The molecule has 2 aliphatic rings. The van der Waals surface area contributed by atoms with Crippen LogP contribution in [0.15, 0.2) is 21.7 Å². The second-order valence-corrected chi connectivity index (χ2v) is 7.21. The van der Waals surface area contributed by atoms with Gasteiger partial charge < -0.3 is 14.8 Å². The van der Waals surface area contributed by atoms with Gasteiger partial charge in [-0.1, -0.05) is 26.0 Å². The largest absolute Gasteiger partial charge is 0.382 e. The highest BCUT2D eigenvalue weighted by Crippen LogP contribution is 2.40. The van der Waals surface area contributed by atoms with E-state index in [1.807, 2.05) is 26.0 Å². The summed E-state index contributed by atoms with van der Waals surface area (Å²) in [5.74, 6) is 0.338. The normalized spacial score (nSPS) is 27.5.